The van der Waals surface area contributed by atoms with Crippen LogP contribution >= 0.6 is 0 Å². The number of benzene rings is 1. The number of carbonyl (C=O) groups is 1. The molecule has 0 fully saturated rings. The summed E-state index contributed by atoms with van der Waals surface area (Å²) < 4.78 is 10.4. The maximum absolute atomic E-state index is 11.0. The smallest absolute Gasteiger partial charge is 0.407 e. The Kier molecular flexibility index (Phi) is 6.66. The summed E-state index contributed by atoms with van der Waals surface area (Å²) in [6, 6.07) is 5.52. The van der Waals surface area contributed by atoms with Crippen molar-refractivity contribution in [1.82, 2.24) is 4.90 Å². The Labute approximate surface area is 118 Å². The van der Waals surface area contributed by atoms with E-state index in [4.69, 9.17) is 19.7 Å². The zero-order valence-electron chi connectivity index (χ0n) is 11.8. The van der Waals surface area contributed by atoms with Gasteiger partial charge in [-0.25, -0.2) is 4.79 Å². The first kappa shape index (κ1) is 16.1. The lowest BCUT2D eigenvalue weighted by Gasteiger charge is -2.19. The van der Waals surface area contributed by atoms with Gasteiger partial charge >= 0.3 is 6.09 Å². The average Bonchev–Trinajstić information content (AvgIpc) is 2.46. The quantitative estimate of drug-likeness (QED) is 0.757. The number of carboxylic acid groups (broad SMARTS) is 1. The van der Waals surface area contributed by atoms with E-state index in [1.165, 1.54) is 4.90 Å². The number of aliphatic hydroxyl groups excluding tert-OH is 1. The fourth-order valence-corrected chi connectivity index (χ4v) is 1.86. The number of hydrogen-bond donors (Lipinski definition) is 2. The monoisotopic (exact) mass is 283 g/mol. The third-order valence-electron chi connectivity index (χ3n) is 2.98. The van der Waals surface area contributed by atoms with E-state index in [2.05, 4.69) is 0 Å². The number of ether oxygens (including phenoxy) is 2. The predicted molar refractivity (Wildman–Crippen MR) is 74.6 cm³/mol. The number of rotatable bonds is 8. The van der Waals surface area contributed by atoms with Crippen molar-refractivity contribution in [1.29, 1.82) is 0 Å². The van der Waals surface area contributed by atoms with Gasteiger partial charge in [-0.05, 0) is 30.5 Å². The van der Waals surface area contributed by atoms with Crippen LogP contribution in [0.4, 0.5) is 4.79 Å². The number of aliphatic hydroxyl groups is 1. The minimum atomic E-state index is -0.973. The molecule has 0 atom stereocenters. The van der Waals surface area contributed by atoms with Gasteiger partial charge in [-0.2, -0.15) is 0 Å². The number of nitrogens with zero attached hydrogens (tertiary/aromatic N) is 1. The molecule has 0 aromatic heterocycles. The number of hydrogen-bond acceptors (Lipinski definition) is 4. The molecule has 1 amide bonds. The molecule has 0 aliphatic rings. The summed E-state index contributed by atoms with van der Waals surface area (Å²) in [6.07, 6.45) is 0.0509. The van der Waals surface area contributed by atoms with Crippen molar-refractivity contribution >= 4 is 6.09 Å². The Morgan fingerprint density at radius 3 is 2.45 bits per heavy atom. The Balaban J connectivity index is 2.65. The zero-order chi connectivity index (χ0) is 15.0. The first-order chi connectivity index (χ1) is 9.62. The van der Waals surface area contributed by atoms with Crippen molar-refractivity contribution in [3.05, 3.63) is 23.8 Å². The van der Waals surface area contributed by atoms with Gasteiger partial charge in [-0.15, -0.1) is 0 Å². The molecule has 112 valence electrons. The van der Waals surface area contributed by atoms with Crippen molar-refractivity contribution in [3.63, 3.8) is 0 Å². The van der Waals surface area contributed by atoms with Crippen LogP contribution in [0.1, 0.15) is 12.0 Å². The van der Waals surface area contributed by atoms with E-state index in [-0.39, 0.29) is 6.61 Å². The van der Waals surface area contributed by atoms with Crippen LogP contribution in [0.25, 0.3) is 0 Å². The molecule has 0 aliphatic heterocycles. The van der Waals surface area contributed by atoms with Gasteiger partial charge in [0.2, 0.25) is 0 Å². The first-order valence-electron chi connectivity index (χ1n) is 6.42. The molecular formula is C14H21NO5. The Hall–Kier alpha value is -1.95. The lowest BCUT2D eigenvalue weighted by Crippen LogP contribution is -2.32. The van der Waals surface area contributed by atoms with Gasteiger partial charge in [0.1, 0.15) is 0 Å². The first-order valence-corrected chi connectivity index (χ1v) is 6.42. The van der Waals surface area contributed by atoms with E-state index in [1.54, 1.807) is 20.3 Å². The van der Waals surface area contributed by atoms with E-state index in [1.807, 2.05) is 12.1 Å². The van der Waals surface area contributed by atoms with Crippen LogP contribution in [0.2, 0.25) is 0 Å². The van der Waals surface area contributed by atoms with Crippen LogP contribution in [-0.2, 0) is 6.42 Å². The molecule has 0 radical (unpaired) electrons. The lowest BCUT2D eigenvalue weighted by atomic mass is 10.1. The highest BCUT2D eigenvalue weighted by molar-refractivity contribution is 5.64. The maximum atomic E-state index is 11.0. The second-order valence-corrected chi connectivity index (χ2v) is 4.29. The van der Waals surface area contributed by atoms with Crippen LogP contribution in [0.15, 0.2) is 18.2 Å². The molecule has 1 aromatic carbocycles. The van der Waals surface area contributed by atoms with Crippen molar-refractivity contribution in [2.75, 3.05) is 33.9 Å². The summed E-state index contributed by atoms with van der Waals surface area (Å²) in [5.41, 5.74) is 0.970. The third kappa shape index (κ3) is 4.62. The van der Waals surface area contributed by atoms with E-state index in [0.29, 0.717) is 37.4 Å². The molecule has 1 aromatic rings. The molecule has 6 heteroatoms. The summed E-state index contributed by atoms with van der Waals surface area (Å²) in [5.74, 6) is 1.27. The molecule has 6 nitrogen and oxygen atoms in total. The van der Waals surface area contributed by atoms with Crippen LogP contribution < -0.4 is 9.47 Å². The second kappa shape index (κ2) is 8.27. The Bertz CT molecular complexity index is 436. The largest absolute Gasteiger partial charge is 0.493 e. The molecule has 0 bridgehead atoms. The van der Waals surface area contributed by atoms with Crippen molar-refractivity contribution < 1.29 is 24.5 Å². The summed E-state index contributed by atoms with van der Waals surface area (Å²) in [7, 11) is 3.13. The van der Waals surface area contributed by atoms with Crippen molar-refractivity contribution in [2.45, 2.75) is 12.8 Å². The molecule has 0 saturated carbocycles. The fourth-order valence-electron chi connectivity index (χ4n) is 1.86. The predicted octanol–water partition coefficient (Wildman–Crippen LogP) is 1.61. The van der Waals surface area contributed by atoms with Crippen molar-refractivity contribution in [2.24, 2.45) is 0 Å². The lowest BCUT2D eigenvalue weighted by molar-refractivity contribution is 0.141. The average molecular weight is 283 g/mol. The molecule has 2 N–H and O–H groups in total. The van der Waals surface area contributed by atoms with Crippen LogP contribution in [0, 0.1) is 0 Å². The Morgan fingerprint density at radius 1 is 1.20 bits per heavy atom. The summed E-state index contributed by atoms with van der Waals surface area (Å²) in [5, 5.41) is 17.8. The Morgan fingerprint density at radius 2 is 1.90 bits per heavy atom. The highest BCUT2D eigenvalue weighted by atomic mass is 16.5. The molecule has 0 aliphatic carbocycles. The normalized spacial score (nSPS) is 10.2. The van der Waals surface area contributed by atoms with Gasteiger partial charge in [-0.1, -0.05) is 6.07 Å². The maximum Gasteiger partial charge on any atom is 0.407 e. The molecule has 1 rings (SSSR count). The number of amides is 1. The van der Waals surface area contributed by atoms with Crippen LogP contribution in [0.5, 0.6) is 11.5 Å². The van der Waals surface area contributed by atoms with Gasteiger partial charge in [0.05, 0.1) is 14.2 Å². The molecule has 20 heavy (non-hydrogen) atoms. The van der Waals surface area contributed by atoms with Crippen LogP contribution in [-0.4, -0.2) is 55.1 Å². The SMILES string of the molecule is COc1ccc(CCN(CCCO)C(=O)O)cc1OC. The minimum Gasteiger partial charge on any atom is -0.493 e. The summed E-state index contributed by atoms with van der Waals surface area (Å²) in [6.45, 7) is 0.698. The summed E-state index contributed by atoms with van der Waals surface area (Å²) >= 11 is 0. The van der Waals surface area contributed by atoms with Gasteiger partial charge in [-0.3, -0.25) is 0 Å². The van der Waals surface area contributed by atoms with E-state index in [9.17, 15) is 4.79 Å². The topological polar surface area (TPSA) is 79.2 Å². The highest BCUT2D eigenvalue weighted by Crippen LogP contribution is 2.27. The molecule has 0 spiro atoms. The van der Waals surface area contributed by atoms with E-state index >= 15 is 0 Å². The van der Waals surface area contributed by atoms with Gasteiger partial charge < -0.3 is 24.6 Å². The van der Waals surface area contributed by atoms with Crippen LogP contribution in [0.3, 0.4) is 0 Å². The van der Waals surface area contributed by atoms with E-state index < -0.39 is 6.09 Å². The van der Waals surface area contributed by atoms with Gasteiger partial charge in [0.15, 0.2) is 11.5 Å². The van der Waals surface area contributed by atoms with Gasteiger partial charge in [0, 0.05) is 19.7 Å². The third-order valence-corrected chi connectivity index (χ3v) is 2.98. The number of methoxy groups -OCH3 is 2. The molecule has 0 heterocycles. The minimum absolute atomic E-state index is 0.0138. The molecule has 0 unspecified atom stereocenters. The van der Waals surface area contributed by atoms with Crippen molar-refractivity contribution in [3.8, 4) is 11.5 Å². The summed E-state index contributed by atoms with van der Waals surface area (Å²) in [4.78, 5) is 12.3. The molecular weight excluding hydrogens is 262 g/mol. The van der Waals surface area contributed by atoms with E-state index in [0.717, 1.165) is 5.56 Å². The highest BCUT2D eigenvalue weighted by Gasteiger charge is 2.12. The fraction of sp³-hybridized carbons (Fsp3) is 0.500. The molecule has 0 saturated heterocycles. The van der Waals surface area contributed by atoms with Gasteiger partial charge in [0.25, 0.3) is 0 Å². The zero-order valence-corrected chi connectivity index (χ0v) is 11.8. The second-order valence-electron chi connectivity index (χ2n) is 4.29. The standard InChI is InChI=1S/C14H21NO5/c1-19-12-5-4-11(10-13(12)20-2)6-8-15(14(17)18)7-3-9-16/h4-5,10,16H,3,6-9H2,1-2H3,(H,17,18).